The summed E-state index contributed by atoms with van der Waals surface area (Å²) in [7, 11) is 3.56. The lowest BCUT2D eigenvalue weighted by Gasteiger charge is -2.39. The van der Waals surface area contributed by atoms with E-state index in [1.165, 1.54) is 0 Å². The number of piperazine rings is 1. The van der Waals surface area contributed by atoms with E-state index in [0.717, 1.165) is 41.1 Å². The first kappa shape index (κ1) is 23.0. The molecule has 33 heavy (non-hydrogen) atoms. The van der Waals surface area contributed by atoms with Crippen LogP contribution in [0.3, 0.4) is 0 Å². The second-order valence-corrected chi connectivity index (χ2v) is 8.37. The third-order valence-corrected chi connectivity index (χ3v) is 6.06. The van der Waals surface area contributed by atoms with E-state index < -0.39 is 0 Å². The Morgan fingerprint density at radius 1 is 0.939 bits per heavy atom. The monoisotopic (exact) mass is 445 g/mol. The Balaban J connectivity index is 1.47. The zero-order chi connectivity index (χ0) is 23.0. The van der Waals surface area contributed by atoms with Crippen molar-refractivity contribution in [3.63, 3.8) is 0 Å². The fourth-order valence-electron chi connectivity index (χ4n) is 4.17. The van der Waals surface area contributed by atoms with E-state index in [-0.39, 0.29) is 11.9 Å². The number of nitrogens with zero attached hydrogens (tertiary/aromatic N) is 3. The van der Waals surface area contributed by atoms with Gasteiger partial charge in [0, 0.05) is 46.2 Å². The molecule has 4 rings (SSSR count). The molecule has 1 aliphatic heterocycles. The lowest BCUT2D eigenvalue weighted by atomic mass is 9.98. The van der Waals surface area contributed by atoms with Crippen molar-refractivity contribution < 1.29 is 14.3 Å². The molecule has 0 bridgehead atoms. The SMILES string of the molecule is COCCOc1cccc(CN2CCN(C)C(=O)C2Cc2ccc(-c3ccncc3)cc2)c1. The van der Waals surface area contributed by atoms with E-state index in [2.05, 4.69) is 46.3 Å². The fraction of sp³-hybridized carbons (Fsp3) is 0.333. The lowest BCUT2D eigenvalue weighted by molar-refractivity contribution is -0.140. The second kappa shape index (κ2) is 11.1. The molecule has 0 aliphatic carbocycles. The van der Waals surface area contributed by atoms with Gasteiger partial charge in [-0.05, 0) is 52.9 Å². The number of methoxy groups -OCH3 is 1. The van der Waals surface area contributed by atoms with E-state index in [1.54, 1.807) is 19.5 Å². The summed E-state index contributed by atoms with van der Waals surface area (Å²) in [5.41, 5.74) is 4.58. The van der Waals surface area contributed by atoms with Crippen LogP contribution in [0.1, 0.15) is 11.1 Å². The van der Waals surface area contributed by atoms with Crippen LogP contribution in [0.25, 0.3) is 11.1 Å². The molecule has 3 aromatic rings. The van der Waals surface area contributed by atoms with Gasteiger partial charge in [0.25, 0.3) is 0 Å². The minimum absolute atomic E-state index is 0.173. The third-order valence-electron chi connectivity index (χ3n) is 6.06. The van der Waals surface area contributed by atoms with Gasteiger partial charge in [-0.25, -0.2) is 0 Å². The van der Waals surface area contributed by atoms with Crippen molar-refractivity contribution in [2.24, 2.45) is 0 Å². The number of carbonyl (C=O) groups excluding carboxylic acids is 1. The van der Waals surface area contributed by atoms with Gasteiger partial charge in [0.05, 0.1) is 12.6 Å². The molecule has 1 saturated heterocycles. The summed E-state index contributed by atoms with van der Waals surface area (Å²) >= 11 is 0. The maximum absolute atomic E-state index is 13.1. The van der Waals surface area contributed by atoms with Crippen LogP contribution in [0.15, 0.2) is 73.1 Å². The first-order valence-corrected chi connectivity index (χ1v) is 11.3. The van der Waals surface area contributed by atoms with Gasteiger partial charge in [-0.2, -0.15) is 0 Å². The van der Waals surface area contributed by atoms with Crippen molar-refractivity contribution in [2.75, 3.05) is 40.5 Å². The van der Waals surface area contributed by atoms with Gasteiger partial charge in [-0.3, -0.25) is 14.7 Å². The summed E-state index contributed by atoms with van der Waals surface area (Å²) in [6.07, 6.45) is 4.29. The number of hydrogen-bond donors (Lipinski definition) is 0. The van der Waals surface area contributed by atoms with Crippen LogP contribution in [0, 0.1) is 0 Å². The fourth-order valence-corrected chi connectivity index (χ4v) is 4.17. The topological polar surface area (TPSA) is 54.9 Å². The standard InChI is InChI=1S/C27H31N3O3/c1-29-14-15-30(20-22-4-3-5-25(18-22)33-17-16-32-2)26(27(29)31)19-21-6-8-23(9-7-21)24-10-12-28-13-11-24/h3-13,18,26H,14-17,19-20H2,1-2H3. The molecular formula is C27H31N3O3. The molecule has 172 valence electrons. The predicted molar refractivity (Wildman–Crippen MR) is 129 cm³/mol. The van der Waals surface area contributed by atoms with E-state index in [9.17, 15) is 4.79 Å². The van der Waals surface area contributed by atoms with Crippen molar-refractivity contribution in [2.45, 2.75) is 19.0 Å². The van der Waals surface area contributed by atoms with E-state index in [1.807, 2.05) is 36.2 Å². The quantitative estimate of drug-likeness (QED) is 0.471. The predicted octanol–water partition coefficient (Wildman–Crippen LogP) is 3.66. The Bertz CT molecular complexity index is 1040. The summed E-state index contributed by atoms with van der Waals surface area (Å²) in [5.74, 6) is 1.00. The summed E-state index contributed by atoms with van der Waals surface area (Å²) in [6.45, 7) is 3.36. The smallest absolute Gasteiger partial charge is 0.240 e. The average molecular weight is 446 g/mol. The highest BCUT2D eigenvalue weighted by Crippen LogP contribution is 2.23. The van der Waals surface area contributed by atoms with Crippen molar-refractivity contribution >= 4 is 5.91 Å². The summed E-state index contributed by atoms with van der Waals surface area (Å²) in [5, 5.41) is 0. The molecule has 1 atom stereocenters. The second-order valence-electron chi connectivity index (χ2n) is 8.37. The van der Waals surface area contributed by atoms with Crippen LogP contribution in [-0.2, 0) is 22.5 Å². The molecule has 0 radical (unpaired) electrons. The minimum atomic E-state index is -0.186. The molecule has 0 spiro atoms. The van der Waals surface area contributed by atoms with Crippen LogP contribution in [0.5, 0.6) is 5.75 Å². The zero-order valence-electron chi connectivity index (χ0n) is 19.3. The summed E-state index contributed by atoms with van der Waals surface area (Å²) in [4.78, 5) is 21.3. The molecule has 2 aromatic carbocycles. The number of amides is 1. The van der Waals surface area contributed by atoms with Crippen LogP contribution in [-0.4, -0.2) is 67.2 Å². The van der Waals surface area contributed by atoms with Gasteiger partial charge >= 0.3 is 0 Å². The van der Waals surface area contributed by atoms with E-state index in [4.69, 9.17) is 9.47 Å². The molecular weight excluding hydrogens is 414 g/mol. The highest BCUT2D eigenvalue weighted by Gasteiger charge is 2.33. The van der Waals surface area contributed by atoms with Gasteiger partial charge in [0.15, 0.2) is 0 Å². The minimum Gasteiger partial charge on any atom is -0.491 e. The van der Waals surface area contributed by atoms with Gasteiger partial charge in [0.1, 0.15) is 12.4 Å². The number of ether oxygens (including phenoxy) is 2. The van der Waals surface area contributed by atoms with Gasteiger partial charge < -0.3 is 14.4 Å². The molecule has 1 unspecified atom stereocenters. The molecule has 0 N–H and O–H groups in total. The number of hydrogen-bond acceptors (Lipinski definition) is 5. The van der Waals surface area contributed by atoms with E-state index in [0.29, 0.717) is 26.2 Å². The Morgan fingerprint density at radius 3 is 2.45 bits per heavy atom. The molecule has 1 fully saturated rings. The Labute approximate surface area is 195 Å². The van der Waals surface area contributed by atoms with Crippen molar-refractivity contribution in [1.29, 1.82) is 0 Å². The number of carbonyl (C=O) groups is 1. The van der Waals surface area contributed by atoms with Crippen molar-refractivity contribution in [3.8, 4) is 16.9 Å². The molecule has 1 aliphatic rings. The number of benzene rings is 2. The molecule has 6 nitrogen and oxygen atoms in total. The Hall–Kier alpha value is -3.22. The summed E-state index contributed by atoms with van der Waals surface area (Å²) in [6, 6.07) is 20.4. The van der Waals surface area contributed by atoms with Gasteiger partial charge in [0.2, 0.25) is 5.91 Å². The Kier molecular flexibility index (Phi) is 7.70. The molecule has 1 amide bonds. The van der Waals surface area contributed by atoms with Crippen molar-refractivity contribution in [3.05, 3.63) is 84.2 Å². The first-order chi connectivity index (χ1) is 16.1. The maximum Gasteiger partial charge on any atom is 0.240 e. The molecule has 1 aromatic heterocycles. The highest BCUT2D eigenvalue weighted by molar-refractivity contribution is 5.82. The summed E-state index contributed by atoms with van der Waals surface area (Å²) < 4.78 is 10.8. The normalized spacial score (nSPS) is 16.7. The number of pyridine rings is 1. The number of rotatable bonds is 9. The van der Waals surface area contributed by atoms with E-state index >= 15 is 0 Å². The van der Waals surface area contributed by atoms with Gasteiger partial charge in [-0.15, -0.1) is 0 Å². The van der Waals surface area contributed by atoms with Gasteiger partial charge in [-0.1, -0.05) is 36.4 Å². The van der Waals surface area contributed by atoms with Crippen LogP contribution in [0.4, 0.5) is 0 Å². The van der Waals surface area contributed by atoms with Crippen LogP contribution < -0.4 is 4.74 Å². The van der Waals surface area contributed by atoms with Crippen LogP contribution >= 0.6 is 0 Å². The lowest BCUT2D eigenvalue weighted by Crippen LogP contribution is -2.56. The first-order valence-electron chi connectivity index (χ1n) is 11.3. The maximum atomic E-state index is 13.1. The largest absolute Gasteiger partial charge is 0.491 e. The number of aromatic nitrogens is 1. The molecule has 6 heteroatoms. The van der Waals surface area contributed by atoms with Crippen LogP contribution in [0.2, 0.25) is 0 Å². The van der Waals surface area contributed by atoms with Crippen molar-refractivity contribution in [1.82, 2.24) is 14.8 Å². The number of likely N-dealkylation sites (N-methyl/N-ethyl adjacent to an activating group) is 1. The molecule has 0 saturated carbocycles. The average Bonchev–Trinajstić information content (AvgIpc) is 2.85. The third kappa shape index (κ3) is 5.97. The highest BCUT2D eigenvalue weighted by atomic mass is 16.5. The Morgan fingerprint density at radius 2 is 1.70 bits per heavy atom. The zero-order valence-corrected chi connectivity index (χ0v) is 19.3. The molecule has 2 heterocycles.